The molecule has 0 amide bonds. The molecule has 1 saturated heterocycles. The molecule has 0 radical (unpaired) electrons. The van der Waals surface area contributed by atoms with E-state index in [1.165, 1.54) is 16.6 Å². The van der Waals surface area contributed by atoms with Crippen LogP contribution in [0.4, 0.5) is 5.82 Å². The monoisotopic (exact) mass is 346 g/mol. The number of rotatable bonds is 5. The summed E-state index contributed by atoms with van der Waals surface area (Å²) in [4.78, 5) is 4.00. The number of nitrogens with one attached hydrogen (secondary N) is 1. The lowest BCUT2D eigenvalue weighted by Gasteiger charge is -2.25. The van der Waals surface area contributed by atoms with E-state index in [4.69, 9.17) is 16.9 Å². The fourth-order valence-corrected chi connectivity index (χ4v) is 4.61. The van der Waals surface area contributed by atoms with Gasteiger partial charge in [-0.25, -0.2) is 17.7 Å². The van der Waals surface area contributed by atoms with Crippen molar-refractivity contribution < 1.29 is 8.42 Å². The van der Waals surface area contributed by atoms with Gasteiger partial charge in [0, 0.05) is 37.3 Å². The minimum atomic E-state index is -3.24. The molecule has 1 fully saturated rings. The molecule has 0 unspecified atom stereocenters. The predicted molar refractivity (Wildman–Crippen MR) is 85.1 cm³/mol. The van der Waals surface area contributed by atoms with E-state index in [0.717, 1.165) is 11.5 Å². The second-order valence-corrected chi connectivity index (χ2v) is 8.14. The van der Waals surface area contributed by atoms with Crippen LogP contribution in [0, 0.1) is 11.3 Å². The first-order valence-electron chi connectivity index (χ1n) is 6.38. The van der Waals surface area contributed by atoms with Crippen molar-refractivity contribution >= 4 is 39.2 Å². The summed E-state index contributed by atoms with van der Waals surface area (Å²) in [6.45, 7) is 1.37. The second-order valence-electron chi connectivity index (χ2n) is 4.42. The molecule has 0 aromatic carbocycles. The first kappa shape index (κ1) is 16.4. The molecule has 1 aromatic heterocycles. The summed E-state index contributed by atoms with van der Waals surface area (Å²) in [5, 5.41) is 11.9. The Hall–Kier alpha value is -1.01. The van der Waals surface area contributed by atoms with E-state index in [-0.39, 0.29) is 12.3 Å². The van der Waals surface area contributed by atoms with Crippen LogP contribution >= 0.6 is 23.4 Å². The standard InChI is InChI=1S/C12H15ClN4O2S2/c13-11-7-10(8-14)9-16-12(11)15-1-6-21(18,19)17-2-4-20-5-3-17/h7,9H,1-6H2,(H,15,16). The van der Waals surface area contributed by atoms with Crippen LogP contribution in [0.3, 0.4) is 0 Å². The third-order valence-electron chi connectivity index (χ3n) is 2.99. The Bertz CT molecular complexity index is 639. The Morgan fingerprint density at radius 3 is 2.81 bits per heavy atom. The molecule has 6 nitrogen and oxygen atoms in total. The highest BCUT2D eigenvalue weighted by Crippen LogP contribution is 2.19. The number of aromatic nitrogens is 1. The zero-order valence-electron chi connectivity index (χ0n) is 11.2. The highest BCUT2D eigenvalue weighted by atomic mass is 35.5. The molecule has 21 heavy (non-hydrogen) atoms. The van der Waals surface area contributed by atoms with Crippen molar-refractivity contribution in [2.24, 2.45) is 0 Å². The van der Waals surface area contributed by atoms with Crippen molar-refractivity contribution in [1.82, 2.24) is 9.29 Å². The van der Waals surface area contributed by atoms with E-state index in [2.05, 4.69) is 10.3 Å². The third-order valence-corrected chi connectivity index (χ3v) is 6.09. The summed E-state index contributed by atoms with van der Waals surface area (Å²) < 4.78 is 25.8. The Balaban J connectivity index is 1.90. The fourth-order valence-electron chi connectivity index (χ4n) is 1.88. The fraction of sp³-hybridized carbons (Fsp3) is 0.500. The van der Waals surface area contributed by atoms with E-state index >= 15 is 0 Å². The topological polar surface area (TPSA) is 86.1 Å². The normalized spacial score (nSPS) is 16.4. The molecule has 114 valence electrons. The van der Waals surface area contributed by atoms with Gasteiger partial charge in [0.05, 0.1) is 16.3 Å². The van der Waals surface area contributed by atoms with Crippen molar-refractivity contribution in [2.75, 3.05) is 42.2 Å². The van der Waals surface area contributed by atoms with Crippen LogP contribution in [0.25, 0.3) is 0 Å². The summed E-state index contributed by atoms with van der Waals surface area (Å²) >= 11 is 7.73. The molecule has 0 saturated carbocycles. The number of hydrogen-bond donors (Lipinski definition) is 1. The van der Waals surface area contributed by atoms with Crippen molar-refractivity contribution in [2.45, 2.75) is 0 Å². The Morgan fingerprint density at radius 2 is 2.19 bits per heavy atom. The van der Waals surface area contributed by atoms with Crippen molar-refractivity contribution in [1.29, 1.82) is 5.26 Å². The smallest absolute Gasteiger partial charge is 0.215 e. The number of nitriles is 1. The Kier molecular flexibility index (Phi) is 5.70. The molecule has 0 bridgehead atoms. The minimum absolute atomic E-state index is 0.00429. The van der Waals surface area contributed by atoms with Crippen LogP contribution in [0.15, 0.2) is 12.3 Å². The minimum Gasteiger partial charge on any atom is -0.368 e. The molecule has 2 rings (SSSR count). The molecule has 0 aliphatic carbocycles. The molecular weight excluding hydrogens is 332 g/mol. The Morgan fingerprint density at radius 1 is 1.48 bits per heavy atom. The average Bonchev–Trinajstić information content (AvgIpc) is 2.49. The van der Waals surface area contributed by atoms with Crippen LogP contribution in [-0.2, 0) is 10.0 Å². The molecule has 1 N–H and O–H groups in total. The van der Waals surface area contributed by atoms with Gasteiger partial charge in [-0.2, -0.15) is 17.0 Å². The first-order chi connectivity index (χ1) is 10.0. The van der Waals surface area contributed by atoms with E-state index in [1.54, 1.807) is 11.8 Å². The van der Waals surface area contributed by atoms with Gasteiger partial charge < -0.3 is 5.32 Å². The lowest BCUT2D eigenvalue weighted by molar-refractivity contribution is 0.444. The van der Waals surface area contributed by atoms with Gasteiger partial charge in [0.2, 0.25) is 10.0 Å². The average molecular weight is 347 g/mol. The second kappa shape index (κ2) is 7.31. The number of sulfonamides is 1. The van der Waals surface area contributed by atoms with Crippen LogP contribution < -0.4 is 5.32 Å². The third kappa shape index (κ3) is 4.48. The molecular formula is C12H15ClN4O2S2. The molecule has 1 aromatic rings. The van der Waals surface area contributed by atoms with Gasteiger partial charge >= 0.3 is 0 Å². The SMILES string of the molecule is N#Cc1cnc(NCCS(=O)(=O)N2CCSCC2)c(Cl)c1. The van der Waals surface area contributed by atoms with E-state index in [1.807, 2.05) is 6.07 Å². The number of halogens is 1. The maximum absolute atomic E-state index is 12.1. The van der Waals surface area contributed by atoms with Crippen LogP contribution in [0.5, 0.6) is 0 Å². The summed E-state index contributed by atoms with van der Waals surface area (Å²) in [7, 11) is -3.24. The summed E-state index contributed by atoms with van der Waals surface area (Å²) in [6.07, 6.45) is 1.39. The van der Waals surface area contributed by atoms with Crippen LogP contribution in [0.2, 0.25) is 5.02 Å². The van der Waals surface area contributed by atoms with Crippen LogP contribution in [-0.4, -0.2) is 54.6 Å². The van der Waals surface area contributed by atoms with Crippen LogP contribution in [0.1, 0.15) is 5.56 Å². The first-order valence-corrected chi connectivity index (χ1v) is 9.52. The zero-order chi connectivity index (χ0) is 15.3. The number of nitrogens with zero attached hydrogens (tertiary/aromatic N) is 3. The van der Waals surface area contributed by atoms with Crippen molar-refractivity contribution in [3.8, 4) is 6.07 Å². The quantitative estimate of drug-likeness (QED) is 0.867. The lowest BCUT2D eigenvalue weighted by atomic mass is 10.3. The van der Waals surface area contributed by atoms with Crippen molar-refractivity contribution in [3.63, 3.8) is 0 Å². The van der Waals surface area contributed by atoms with Gasteiger partial charge in [0.15, 0.2) is 0 Å². The molecule has 2 heterocycles. The number of pyridine rings is 1. The number of anilines is 1. The molecule has 0 spiro atoms. The molecule has 1 aliphatic rings. The summed E-state index contributed by atoms with van der Waals surface area (Å²) in [5.74, 6) is 2.07. The van der Waals surface area contributed by atoms with Gasteiger partial charge in [0.1, 0.15) is 11.9 Å². The van der Waals surface area contributed by atoms with Gasteiger partial charge in [0.25, 0.3) is 0 Å². The zero-order valence-corrected chi connectivity index (χ0v) is 13.6. The number of hydrogen-bond acceptors (Lipinski definition) is 6. The van der Waals surface area contributed by atoms with E-state index in [9.17, 15) is 8.42 Å². The largest absolute Gasteiger partial charge is 0.368 e. The number of thioether (sulfide) groups is 1. The van der Waals surface area contributed by atoms with E-state index < -0.39 is 10.0 Å². The summed E-state index contributed by atoms with van der Waals surface area (Å²) in [6, 6.07) is 3.43. The van der Waals surface area contributed by atoms with Gasteiger partial charge in [-0.15, -0.1) is 0 Å². The highest BCUT2D eigenvalue weighted by molar-refractivity contribution is 7.99. The Labute approximate surface area is 133 Å². The predicted octanol–water partition coefficient (Wildman–Crippen LogP) is 1.40. The van der Waals surface area contributed by atoms with Gasteiger partial charge in [-0.05, 0) is 6.07 Å². The maximum Gasteiger partial charge on any atom is 0.215 e. The molecule has 0 atom stereocenters. The lowest BCUT2D eigenvalue weighted by Crippen LogP contribution is -2.40. The van der Waals surface area contributed by atoms with Gasteiger partial charge in [-0.1, -0.05) is 11.6 Å². The highest BCUT2D eigenvalue weighted by Gasteiger charge is 2.23. The molecule has 9 heteroatoms. The summed E-state index contributed by atoms with van der Waals surface area (Å²) in [5.41, 5.74) is 0.365. The molecule has 1 aliphatic heterocycles. The van der Waals surface area contributed by atoms with E-state index in [0.29, 0.717) is 29.5 Å². The van der Waals surface area contributed by atoms with Gasteiger partial charge in [-0.3, -0.25) is 0 Å². The van der Waals surface area contributed by atoms with Crippen molar-refractivity contribution in [3.05, 3.63) is 22.8 Å². The maximum atomic E-state index is 12.1.